The molecule has 0 aromatic rings. The first-order chi connectivity index (χ1) is 8.58. The Balaban J connectivity index is 1.91. The first-order valence-electron chi connectivity index (χ1n) is 7.26. The van der Waals surface area contributed by atoms with E-state index in [1.54, 1.807) is 0 Å². The molecule has 2 heterocycles. The third-order valence-electron chi connectivity index (χ3n) is 4.46. The molecule has 3 unspecified atom stereocenters. The largest absolute Gasteiger partial charge is 0.340 e. The zero-order valence-electron chi connectivity index (χ0n) is 12.0. The van der Waals surface area contributed by atoms with Crippen molar-refractivity contribution in [2.45, 2.75) is 44.7 Å². The molecule has 1 amide bonds. The smallest absolute Gasteiger partial charge is 0.239 e. The predicted octanol–water partition coefficient (Wildman–Crippen LogP) is 0.927. The minimum atomic E-state index is 0.0472. The number of hydrogen-bond donors (Lipinski definition) is 1. The fourth-order valence-corrected chi connectivity index (χ4v) is 3.18. The lowest BCUT2D eigenvalue weighted by molar-refractivity contribution is -0.136. The molecule has 1 N–H and O–H groups in total. The monoisotopic (exact) mass is 253 g/mol. The van der Waals surface area contributed by atoms with E-state index in [0.29, 0.717) is 17.9 Å². The summed E-state index contributed by atoms with van der Waals surface area (Å²) in [6.45, 7) is 5.41. The highest BCUT2D eigenvalue weighted by atomic mass is 16.2. The van der Waals surface area contributed by atoms with Crippen LogP contribution in [0.1, 0.15) is 32.6 Å². The van der Waals surface area contributed by atoms with Crippen LogP contribution in [0.2, 0.25) is 0 Å². The topological polar surface area (TPSA) is 35.6 Å². The number of nitrogens with zero attached hydrogens (tertiary/aromatic N) is 2. The van der Waals surface area contributed by atoms with Gasteiger partial charge in [0.25, 0.3) is 0 Å². The quantitative estimate of drug-likeness (QED) is 0.795. The molecule has 0 bridgehead atoms. The summed E-state index contributed by atoms with van der Waals surface area (Å²) < 4.78 is 0. The van der Waals surface area contributed by atoms with Crippen molar-refractivity contribution in [2.24, 2.45) is 5.92 Å². The Labute approximate surface area is 111 Å². The van der Waals surface area contributed by atoms with Crippen LogP contribution >= 0.6 is 0 Å². The molecule has 2 aliphatic rings. The van der Waals surface area contributed by atoms with Gasteiger partial charge in [0, 0.05) is 19.6 Å². The number of likely N-dealkylation sites (tertiary alicyclic amines) is 1. The van der Waals surface area contributed by atoms with Crippen LogP contribution in [0, 0.1) is 5.92 Å². The van der Waals surface area contributed by atoms with Crippen LogP contribution in [0.15, 0.2) is 0 Å². The number of nitrogens with one attached hydrogen (secondary N) is 1. The van der Waals surface area contributed by atoms with Crippen molar-refractivity contribution in [1.82, 2.24) is 15.1 Å². The van der Waals surface area contributed by atoms with Crippen molar-refractivity contribution < 1.29 is 4.79 Å². The second-order valence-electron chi connectivity index (χ2n) is 6.14. The molecule has 0 spiro atoms. The molecule has 2 aliphatic heterocycles. The van der Waals surface area contributed by atoms with Gasteiger partial charge in [-0.25, -0.2) is 0 Å². The van der Waals surface area contributed by atoms with Crippen molar-refractivity contribution in [3.63, 3.8) is 0 Å². The molecule has 4 heteroatoms. The highest BCUT2D eigenvalue weighted by molar-refractivity contribution is 5.82. The van der Waals surface area contributed by atoms with Crippen LogP contribution in [0.4, 0.5) is 0 Å². The molecule has 3 atom stereocenters. The molecule has 4 nitrogen and oxygen atoms in total. The first-order valence-corrected chi connectivity index (χ1v) is 7.26. The first kappa shape index (κ1) is 13.8. The minimum Gasteiger partial charge on any atom is -0.340 e. The lowest BCUT2D eigenvalue weighted by Crippen LogP contribution is -2.54. The highest BCUT2D eigenvalue weighted by Crippen LogP contribution is 2.19. The number of carbonyl (C=O) groups is 1. The lowest BCUT2D eigenvalue weighted by atomic mass is 9.93. The SMILES string of the molecule is CC1CCNC(C(=O)N(C)C2CCCN(C)C2)C1. The van der Waals surface area contributed by atoms with Crippen molar-refractivity contribution >= 4 is 5.91 Å². The lowest BCUT2D eigenvalue weighted by Gasteiger charge is -2.38. The van der Waals surface area contributed by atoms with Crippen LogP contribution in [-0.2, 0) is 4.79 Å². The summed E-state index contributed by atoms with van der Waals surface area (Å²) in [5.74, 6) is 0.962. The van der Waals surface area contributed by atoms with Gasteiger partial charge in [0.2, 0.25) is 5.91 Å². The maximum absolute atomic E-state index is 12.5. The second kappa shape index (κ2) is 6.02. The van der Waals surface area contributed by atoms with Gasteiger partial charge in [-0.05, 0) is 51.7 Å². The minimum absolute atomic E-state index is 0.0472. The summed E-state index contributed by atoms with van der Waals surface area (Å²) in [6.07, 6.45) is 4.54. The average Bonchev–Trinajstić information content (AvgIpc) is 2.37. The number of carbonyl (C=O) groups excluding carboxylic acids is 1. The molecule has 0 aromatic carbocycles. The van der Waals surface area contributed by atoms with Crippen molar-refractivity contribution in [3.05, 3.63) is 0 Å². The molecule has 0 saturated carbocycles. The number of amides is 1. The molecule has 104 valence electrons. The molecule has 0 radical (unpaired) electrons. The standard InChI is InChI=1S/C14H27N3O/c1-11-6-7-15-13(9-11)14(18)17(3)12-5-4-8-16(2)10-12/h11-13,15H,4-10H2,1-3H3. The van der Waals surface area contributed by atoms with Gasteiger partial charge in [-0.2, -0.15) is 0 Å². The van der Waals surface area contributed by atoms with E-state index < -0.39 is 0 Å². The Morgan fingerprint density at radius 3 is 2.83 bits per heavy atom. The van der Waals surface area contributed by atoms with Crippen LogP contribution < -0.4 is 5.32 Å². The molecular weight excluding hydrogens is 226 g/mol. The number of piperidine rings is 2. The van der Waals surface area contributed by atoms with Gasteiger partial charge < -0.3 is 15.1 Å². The molecule has 18 heavy (non-hydrogen) atoms. The normalized spacial score (nSPS) is 34.3. The van der Waals surface area contributed by atoms with Gasteiger partial charge in [0.1, 0.15) is 0 Å². The Morgan fingerprint density at radius 1 is 1.39 bits per heavy atom. The predicted molar refractivity (Wildman–Crippen MR) is 73.5 cm³/mol. The highest BCUT2D eigenvalue weighted by Gasteiger charge is 2.31. The molecular formula is C14H27N3O. The van der Waals surface area contributed by atoms with Gasteiger partial charge in [0.05, 0.1) is 6.04 Å². The summed E-state index contributed by atoms with van der Waals surface area (Å²) >= 11 is 0. The van der Waals surface area contributed by atoms with E-state index in [2.05, 4.69) is 24.2 Å². The molecule has 0 aliphatic carbocycles. The van der Waals surface area contributed by atoms with E-state index in [1.807, 2.05) is 11.9 Å². The number of likely N-dealkylation sites (N-methyl/N-ethyl adjacent to an activating group) is 2. The van der Waals surface area contributed by atoms with Crippen LogP contribution in [-0.4, -0.2) is 61.5 Å². The summed E-state index contributed by atoms with van der Waals surface area (Å²) in [7, 11) is 4.12. The maximum Gasteiger partial charge on any atom is 0.239 e. The van der Waals surface area contributed by atoms with Crippen LogP contribution in [0.5, 0.6) is 0 Å². The fraction of sp³-hybridized carbons (Fsp3) is 0.929. The molecule has 2 saturated heterocycles. The van der Waals surface area contributed by atoms with E-state index >= 15 is 0 Å². The Hall–Kier alpha value is -0.610. The van der Waals surface area contributed by atoms with Gasteiger partial charge in [-0.1, -0.05) is 6.92 Å². The van der Waals surface area contributed by atoms with Crippen molar-refractivity contribution in [3.8, 4) is 0 Å². The summed E-state index contributed by atoms with van der Waals surface area (Å²) in [4.78, 5) is 16.8. The molecule has 2 rings (SSSR count). The van der Waals surface area contributed by atoms with E-state index in [-0.39, 0.29) is 6.04 Å². The Morgan fingerprint density at radius 2 is 2.17 bits per heavy atom. The average molecular weight is 253 g/mol. The zero-order chi connectivity index (χ0) is 13.1. The van der Waals surface area contributed by atoms with Crippen molar-refractivity contribution in [2.75, 3.05) is 33.7 Å². The summed E-state index contributed by atoms with van der Waals surface area (Å²) in [5.41, 5.74) is 0. The third kappa shape index (κ3) is 3.23. The van der Waals surface area contributed by atoms with Gasteiger partial charge in [-0.15, -0.1) is 0 Å². The van der Waals surface area contributed by atoms with E-state index in [1.165, 1.54) is 12.8 Å². The van der Waals surface area contributed by atoms with E-state index in [9.17, 15) is 4.79 Å². The zero-order valence-corrected chi connectivity index (χ0v) is 12.0. The number of rotatable bonds is 2. The summed E-state index contributed by atoms with van der Waals surface area (Å²) in [6, 6.07) is 0.446. The van der Waals surface area contributed by atoms with Crippen LogP contribution in [0.25, 0.3) is 0 Å². The van der Waals surface area contributed by atoms with E-state index in [4.69, 9.17) is 0 Å². The Kier molecular flexibility index (Phi) is 4.62. The summed E-state index contributed by atoms with van der Waals surface area (Å²) in [5, 5.41) is 3.38. The van der Waals surface area contributed by atoms with E-state index in [0.717, 1.165) is 32.5 Å². The van der Waals surface area contributed by atoms with Gasteiger partial charge in [-0.3, -0.25) is 4.79 Å². The maximum atomic E-state index is 12.5. The molecule has 0 aromatic heterocycles. The Bertz CT molecular complexity index is 295. The van der Waals surface area contributed by atoms with Crippen LogP contribution in [0.3, 0.4) is 0 Å². The van der Waals surface area contributed by atoms with Gasteiger partial charge in [0.15, 0.2) is 0 Å². The van der Waals surface area contributed by atoms with Gasteiger partial charge >= 0.3 is 0 Å². The molecule has 2 fully saturated rings. The number of hydrogen-bond acceptors (Lipinski definition) is 3. The third-order valence-corrected chi connectivity index (χ3v) is 4.46. The second-order valence-corrected chi connectivity index (χ2v) is 6.14. The fourth-order valence-electron chi connectivity index (χ4n) is 3.18. The van der Waals surface area contributed by atoms with Crippen molar-refractivity contribution in [1.29, 1.82) is 0 Å².